The molecule has 0 amide bonds. The first-order chi connectivity index (χ1) is 15.4. The number of Topliss-reactive ketones (excluding diaryl/α,β-unsaturated/α-hetero) is 1. The number of ether oxygens (including phenoxy) is 1. The van der Waals surface area contributed by atoms with E-state index in [0.717, 1.165) is 5.56 Å². The van der Waals surface area contributed by atoms with E-state index in [-0.39, 0.29) is 36.0 Å². The monoisotopic (exact) mass is 432 g/mol. The van der Waals surface area contributed by atoms with E-state index in [9.17, 15) is 19.7 Å². The Balaban J connectivity index is 1.87. The average Bonchev–Trinajstić information content (AvgIpc) is 2.78. The van der Waals surface area contributed by atoms with Crippen molar-refractivity contribution < 1.29 is 19.2 Å². The predicted molar refractivity (Wildman–Crippen MR) is 119 cm³/mol. The summed E-state index contributed by atoms with van der Waals surface area (Å²) in [6.45, 7) is 3.61. The molecule has 4 rings (SSSR count). The van der Waals surface area contributed by atoms with Gasteiger partial charge in [0.1, 0.15) is 0 Å². The normalized spacial score (nSPS) is 20.5. The van der Waals surface area contributed by atoms with E-state index in [2.05, 4.69) is 5.32 Å². The van der Waals surface area contributed by atoms with Gasteiger partial charge in [-0.1, -0.05) is 48.5 Å². The van der Waals surface area contributed by atoms with Gasteiger partial charge in [-0.25, -0.2) is 4.79 Å². The summed E-state index contributed by atoms with van der Waals surface area (Å²) in [5, 5.41) is 15.0. The number of allylic oxidation sites excluding steroid dienone is 3. The first-order valence-electron chi connectivity index (χ1n) is 10.6. The second-order valence-corrected chi connectivity index (χ2v) is 7.96. The Kier molecular flexibility index (Phi) is 5.90. The van der Waals surface area contributed by atoms with Crippen LogP contribution in [0.25, 0.3) is 0 Å². The second-order valence-electron chi connectivity index (χ2n) is 7.96. The highest BCUT2D eigenvalue weighted by Gasteiger charge is 2.43. The summed E-state index contributed by atoms with van der Waals surface area (Å²) in [6.07, 6.45) is 0.854. The number of carbonyl (C=O) groups is 2. The van der Waals surface area contributed by atoms with Crippen molar-refractivity contribution in [3.05, 3.63) is 98.4 Å². The molecule has 2 aliphatic rings. The molecule has 0 bridgehead atoms. The van der Waals surface area contributed by atoms with Gasteiger partial charge in [-0.2, -0.15) is 0 Å². The lowest BCUT2D eigenvalue weighted by Crippen LogP contribution is -2.36. The third kappa shape index (κ3) is 3.82. The van der Waals surface area contributed by atoms with Crippen molar-refractivity contribution in [2.24, 2.45) is 0 Å². The molecule has 2 aromatic carbocycles. The number of nitro benzene ring substituents is 1. The molecule has 32 heavy (non-hydrogen) atoms. The lowest BCUT2D eigenvalue weighted by atomic mass is 9.71. The maximum atomic E-state index is 13.5. The molecule has 2 atom stereocenters. The van der Waals surface area contributed by atoms with Gasteiger partial charge in [0.05, 0.1) is 23.0 Å². The number of rotatable bonds is 5. The van der Waals surface area contributed by atoms with Crippen molar-refractivity contribution in [2.45, 2.75) is 38.5 Å². The molecule has 7 heteroatoms. The molecule has 0 radical (unpaired) electrons. The molecule has 0 spiro atoms. The van der Waals surface area contributed by atoms with Crippen LogP contribution in [0.4, 0.5) is 5.69 Å². The third-order valence-electron chi connectivity index (χ3n) is 6.04. The molecule has 0 saturated carbocycles. The zero-order valence-electron chi connectivity index (χ0n) is 18.0. The van der Waals surface area contributed by atoms with Gasteiger partial charge < -0.3 is 10.1 Å². The Morgan fingerprint density at radius 2 is 1.81 bits per heavy atom. The second kappa shape index (κ2) is 8.78. The molecule has 1 heterocycles. The average molecular weight is 432 g/mol. The molecular formula is C25H24N2O5. The van der Waals surface area contributed by atoms with Crippen LogP contribution in [0.3, 0.4) is 0 Å². The Morgan fingerprint density at radius 1 is 1.12 bits per heavy atom. The molecule has 1 aliphatic heterocycles. The van der Waals surface area contributed by atoms with Gasteiger partial charge in [0.25, 0.3) is 5.69 Å². The van der Waals surface area contributed by atoms with Crippen LogP contribution in [0.15, 0.2) is 77.1 Å². The fraction of sp³-hybridized carbons (Fsp3) is 0.280. The zero-order valence-corrected chi connectivity index (χ0v) is 18.0. The van der Waals surface area contributed by atoms with Crippen LogP contribution in [0.5, 0.6) is 0 Å². The van der Waals surface area contributed by atoms with Crippen molar-refractivity contribution >= 4 is 17.4 Å². The fourth-order valence-corrected chi connectivity index (χ4v) is 4.69. The Morgan fingerprint density at radius 3 is 2.50 bits per heavy atom. The van der Waals surface area contributed by atoms with Gasteiger partial charge >= 0.3 is 5.97 Å². The number of hydrogen-bond acceptors (Lipinski definition) is 6. The lowest BCUT2D eigenvalue weighted by Gasteiger charge is -2.36. The number of nitrogens with one attached hydrogen (secondary N) is 1. The highest BCUT2D eigenvalue weighted by molar-refractivity contribution is 6.04. The highest BCUT2D eigenvalue weighted by atomic mass is 16.6. The van der Waals surface area contributed by atoms with E-state index >= 15 is 0 Å². The molecule has 2 aromatic rings. The number of ketones is 1. The standard InChI is InChI=1S/C25H24N2O5/c1-3-32-25(29)22-15(2)26-19-13-17(16-9-5-4-6-10-16)14-21(28)24(19)23(22)18-11-7-8-12-20(18)27(30)31/h4-12,17,23,26H,3,13-14H2,1-2H3/t17-,23+/m1/s1. The first kappa shape index (κ1) is 21.5. The number of nitrogens with zero attached hydrogens (tertiary/aromatic N) is 1. The summed E-state index contributed by atoms with van der Waals surface area (Å²) in [7, 11) is 0. The van der Waals surface area contributed by atoms with E-state index in [1.54, 1.807) is 32.0 Å². The summed E-state index contributed by atoms with van der Waals surface area (Å²) in [5.74, 6) is -1.55. The van der Waals surface area contributed by atoms with Crippen LogP contribution < -0.4 is 5.32 Å². The number of hydrogen-bond donors (Lipinski definition) is 1. The van der Waals surface area contributed by atoms with E-state index < -0.39 is 16.8 Å². The minimum atomic E-state index is -0.851. The number of para-hydroxylation sites is 1. The summed E-state index contributed by atoms with van der Waals surface area (Å²) < 4.78 is 5.27. The molecule has 0 unspecified atom stereocenters. The Bertz CT molecular complexity index is 1150. The summed E-state index contributed by atoms with van der Waals surface area (Å²) >= 11 is 0. The van der Waals surface area contributed by atoms with Crippen LogP contribution in [-0.4, -0.2) is 23.3 Å². The van der Waals surface area contributed by atoms with Crippen LogP contribution in [0.2, 0.25) is 0 Å². The summed E-state index contributed by atoms with van der Waals surface area (Å²) in [6, 6.07) is 16.1. The van der Waals surface area contributed by atoms with Crippen molar-refractivity contribution in [2.75, 3.05) is 6.61 Å². The minimum Gasteiger partial charge on any atom is -0.463 e. The molecule has 7 nitrogen and oxygen atoms in total. The number of benzene rings is 2. The molecule has 0 fully saturated rings. The lowest BCUT2D eigenvalue weighted by molar-refractivity contribution is -0.385. The van der Waals surface area contributed by atoms with Gasteiger partial charge in [0.2, 0.25) is 0 Å². The smallest absolute Gasteiger partial charge is 0.336 e. The summed E-state index contributed by atoms with van der Waals surface area (Å²) in [4.78, 5) is 37.7. The van der Waals surface area contributed by atoms with Crippen molar-refractivity contribution in [3.8, 4) is 0 Å². The van der Waals surface area contributed by atoms with E-state index in [1.807, 2.05) is 30.3 Å². The third-order valence-corrected chi connectivity index (χ3v) is 6.04. The fourth-order valence-electron chi connectivity index (χ4n) is 4.69. The van der Waals surface area contributed by atoms with Crippen molar-refractivity contribution in [1.82, 2.24) is 5.32 Å². The highest BCUT2D eigenvalue weighted by Crippen LogP contribution is 2.47. The number of esters is 1. The van der Waals surface area contributed by atoms with Crippen LogP contribution >= 0.6 is 0 Å². The Labute approximate surface area is 185 Å². The topological polar surface area (TPSA) is 98.5 Å². The molecule has 1 N–H and O–H groups in total. The van der Waals surface area contributed by atoms with Gasteiger partial charge in [0, 0.05) is 35.0 Å². The van der Waals surface area contributed by atoms with Crippen LogP contribution in [0.1, 0.15) is 49.7 Å². The van der Waals surface area contributed by atoms with Crippen molar-refractivity contribution in [3.63, 3.8) is 0 Å². The first-order valence-corrected chi connectivity index (χ1v) is 10.6. The van der Waals surface area contributed by atoms with Gasteiger partial charge in [-0.3, -0.25) is 14.9 Å². The van der Waals surface area contributed by atoms with Crippen LogP contribution in [-0.2, 0) is 14.3 Å². The van der Waals surface area contributed by atoms with Crippen molar-refractivity contribution in [1.29, 1.82) is 0 Å². The predicted octanol–water partition coefficient (Wildman–Crippen LogP) is 4.52. The molecule has 164 valence electrons. The largest absolute Gasteiger partial charge is 0.463 e. The quantitative estimate of drug-likeness (QED) is 0.424. The minimum absolute atomic E-state index is 0.00157. The van der Waals surface area contributed by atoms with Gasteiger partial charge in [-0.05, 0) is 31.7 Å². The van der Waals surface area contributed by atoms with E-state index in [0.29, 0.717) is 29.0 Å². The Hall–Kier alpha value is -3.74. The summed E-state index contributed by atoms with van der Waals surface area (Å²) in [5.41, 5.74) is 3.18. The van der Waals surface area contributed by atoms with Gasteiger partial charge in [-0.15, -0.1) is 0 Å². The maximum Gasteiger partial charge on any atom is 0.336 e. The molecule has 0 aromatic heterocycles. The number of dihydropyridines is 1. The van der Waals surface area contributed by atoms with Gasteiger partial charge in [0.15, 0.2) is 5.78 Å². The SMILES string of the molecule is CCOC(=O)C1=C(C)NC2=C(C(=O)C[C@H](c3ccccc3)C2)[C@H]1c1ccccc1[N+](=O)[O-]. The number of carbonyl (C=O) groups excluding carboxylic acids is 2. The maximum absolute atomic E-state index is 13.5. The van der Waals surface area contributed by atoms with E-state index in [4.69, 9.17) is 4.74 Å². The van der Waals surface area contributed by atoms with E-state index in [1.165, 1.54) is 6.07 Å². The molecule has 1 aliphatic carbocycles. The van der Waals surface area contributed by atoms with Crippen LogP contribution in [0, 0.1) is 10.1 Å². The molecule has 0 saturated heterocycles. The number of nitro groups is 1. The molecular weight excluding hydrogens is 408 g/mol. The zero-order chi connectivity index (χ0) is 22.8.